The molecule has 1 aromatic carbocycles. The number of rotatable bonds is 4. The zero-order chi connectivity index (χ0) is 15.8. The number of sulfonamides is 1. The number of hydrogen-bond acceptors (Lipinski definition) is 4. The van der Waals surface area contributed by atoms with E-state index in [1.54, 1.807) is 18.2 Å². The highest BCUT2D eigenvalue weighted by atomic mass is 79.9. The fraction of sp³-hybridized carbons (Fsp3) is 0. The van der Waals surface area contributed by atoms with E-state index < -0.39 is 10.0 Å². The van der Waals surface area contributed by atoms with Crippen LogP contribution >= 0.6 is 62.7 Å². The van der Waals surface area contributed by atoms with Crippen molar-refractivity contribution < 1.29 is 8.42 Å². The Morgan fingerprint density at radius 3 is 2.52 bits per heavy atom. The molecule has 0 aliphatic carbocycles. The maximum Gasteiger partial charge on any atom is 0.264 e. The standard InChI is InChI=1S/C11H7BrCl2N2O2S3/c12-5-1-2-7(6(3-5)11(15)19)16-21(17,18)8-4-9(13)20-10(8)14/h1-4,16H,(H2,15,19). The summed E-state index contributed by atoms with van der Waals surface area (Å²) in [6.45, 7) is 0. The molecule has 2 aromatic rings. The van der Waals surface area contributed by atoms with E-state index in [2.05, 4.69) is 20.7 Å². The second kappa shape index (κ2) is 6.39. The minimum atomic E-state index is -3.88. The average Bonchev–Trinajstić information content (AvgIpc) is 2.71. The number of benzene rings is 1. The minimum absolute atomic E-state index is 0.0726. The van der Waals surface area contributed by atoms with Crippen LogP contribution in [0.2, 0.25) is 8.67 Å². The molecule has 21 heavy (non-hydrogen) atoms. The number of anilines is 1. The Morgan fingerprint density at radius 1 is 1.33 bits per heavy atom. The van der Waals surface area contributed by atoms with Gasteiger partial charge < -0.3 is 5.73 Å². The van der Waals surface area contributed by atoms with Gasteiger partial charge in [0.25, 0.3) is 10.0 Å². The second-order valence-corrected chi connectivity index (χ2v) is 9.14. The van der Waals surface area contributed by atoms with Crippen molar-refractivity contribution in [2.24, 2.45) is 5.73 Å². The molecular weight excluding hydrogens is 439 g/mol. The van der Waals surface area contributed by atoms with Crippen LogP contribution in [0.3, 0.4) is 0 Å². The van der Waals surface area contributed by atoms with Gasteiger partial charge in [0, 0.05) is 10.0 Å². The van der Waals surface area contributed by atoms with Crippen LogP contribution in [0.15, 0.2) is 33.6 Å². The first-order valence-corrected chi connectivity index (χ1v) is 9.53. The number of halogens is 3. The SMILES string of the molecule is NC(=S)c1cc(Br)ccc1NS(=O)(=O)c1cc(Cl)sc1Cl. The third-order valence-corrected chi connectivity index (χ3v) is 6.24. The lowest BCUT2D eigenvalue weighted by atomic mass is 10.2. The summed E-state index contributed by atoms with van der Waals surface area (Å²) in [6.07, 6.45) is 0. The lowest BCUT2D eigenvalue weighted by Crippen LogP contribution is -2.18. The molecule has 1 heterocycles. The quantitative estimate of drug-likeness (QED) is 0.689. The monoisotopic (exact) mass is 444 g/mol. The molecule has 2 rings (SSSR count). The summed E-state index contributed by atoms with van der Waals surface area (Å²) in [5, 5.41) is 0. The molecule has 0 aliphatic rings. The minimum Gasteiger partial charge on any atom is -0.389 e. The van der Waals surface area contributed by atoms with Crippen LogP contribution in [-0.2, 0) is 10.0 Å². The van der Waals surface area contributed by atoms with Gasteiger partial charge in [-0.3, -0.25) is 4.72 Å². The van der Waals surface area contributed by atoms with E-state index in [1.807, 2.05) is 0 Å². The van der Waals surface area contributed by atoms with Crippen molar-refractivity contribution in [3.63, 3.8) is 0 Å². The Morgan fingerprint density at radius 2 is 2.00 bits per heavy atom. The Hall–Kier alpha value is -0.380. The molecule has 1 aromatic heterocycles. The first-order chi connectivity index (χ1) is 9.70. The van der Waals surface area contributed by atoms with Gasteiger partial charge in [0.15, 0.2) is 0 Å². The Balaban J connectivity index is 2.47. The largest absolute Gasteiger partial charge is 0.389 e. The molecule has 0 radical (unpaired) electrons. The number of thiophene rings is 1. The van der Waals surface area contributed by atoms with E-state index in [-0.39, 0.29) is 24.2 Å². The first-order valence-electron chi connectivity index (χ1n) is 5.27. The molecule has 10 heteroatoms. The van der Waals surface area contributed by atoms with Crippen molar-refractivity contribution >= 4 is 83.4 Å². The van der Waals surface area contributed by atoms with Gasteiger partial charge in [-0.05, 0) is 24.3 Å². The van der Waals surface area contributed by atoms with Crippen molar-refractivity contribution in [1.82, 2.24) is 0 Å². The molecule has 4 nitrogen and oxygen atoms in total. The summed E-state index contributed by atoms with van der Waals surface area (Å²) in [4.78, 5) is -0.0144. The van der Waals surface area contributed by atoms with Gasteiger partial charge in [-0.25, -0.2) is 8.42 Å². The molecule has 0 bridgehead atoms. The molecule has 0 saturated heterocycles. The average molecular weight is 446 g/mol. The van der Waals surface area contributed by atoms with Gasteiger partial charge in [0.2, 0.25) is 0 Å². The Kier molecular flexibility index (Phi) is 5.17. The lowest BCUT2D eigenvalue weighted by Gasteiger charge is -2.11. The topological polar surface area (TPSA) is 72.2 Å². The molecule has 0 spiro atoms. The maximum absolute atomic E-state index is 12.4. The van der Waals surface area contributed by atoms with Crippen LogP contribution in [-0.4, -0.2) is 13.4 Å². The smallest absolute Gasteiger partial charge is 0.264 e. The highest BCUT2D eigenvalue weighted by molar-refractivity contribution is 9.10. The number of nitrogens with two attached hydrogens (primary N) is 1. The summed E-state index contributed by atoms with van der Waals surface area (Å²) < 4.78 is 28.2. The van der Waals surface area contributed by atoms with Crippen LogP contribution in [0.1, 0.15) is 5.56 Å². The second-order valence-electron chi connectivity index (χ2n) is 3.85. The normalized spacial score (nSPS) is 11.4. The van der Waals surface area contributed by atoms with E-state index in [9.17, 15) is 8.42 Å². The molecule has 0 aliphatic heterocycles. The lowest BCUT2D eigenvalue weighted by molar-refractivity contribution is 0.601. The van der Waals surface area contributed by atoms with Gasteiger partial charge >= 0.3 is 0 Å². The summed E-state index contributed by atoms with van der Waals surface area (Å²) >= 11 is 20.8. The van der Waals surface area contributed by atoms with E-state index in [4.69, 9.17) is 41.2 Å². The van der Waals surface area contributed by atoms with Crippen molar-refractivity contribution in [3.05, 3.63) is 43.0 Å². The Bertz CT molecular complexity index is 821. The fourth-order valence-corrected chi connectivity index (χ4v) is 5.28. The van der Waals surface area contributed by atoms with E-state index in [0.717, 1.165) is 15.8 Å². The molecule has 0 amide bonds. The van der Waals surface area contributed by atoms with Gasteiger partial charge in [-0.2, -0.15) is 0 Å². The highest BCUT2D eigenvalue weighted by Gasteiger charge is 2.22. The van der Waals surface area contributed by atoms with Crippen molar-refractivity contribution in [3.8, 4) is 0 Å². The summed E-state index contributed by atoms with van der Waals surface area (Å²) in [6, 6.07) is 6.14. The first kappa shape index (κ1) is 17.0. The van der Waals surface area contributed by atoms with Crippen molar-refractivity contribution in [2.45, 2.75) is 4.90 Å². The maximum atomic E-state index is 12.4. The van der Waals surface area contributed by atoms with Crippen LogP contribution in [0.25, 0.3) is 0 Å². The zero-order valence-corrected chi connectivity index (χ0v) is 15.6. The number of thiocarbonyl (C=S) groups is 1. The molecule has 0 saturated carbocycles. The van der Waals surface area contributed by atoms with Crippen LogP contribution in [0.5, 0.6) is 0 Å². The molecular formula is C11H7BrCl2N2O2S3. The molecule has 0 fully saturated rings. The van der Waals surface area contributed by atoms with E-state index >= 15 is 0 Å². The predicted molar refractivity (Wildman–Crippen MR) is 95.2 cm³/mol. The molecule has 112 valence electrons. The van der Waals surface area contributed by atoms with Gasteiger partial charge in [-0.15, -0.1) is 11.3 Å². The number of hydrogen-bond donors (Lipinski definition) is 2. The highest BCUT2D eigenvalue weighted by Crippen LogP contribution is 2.35. The summed E-state index contributed by atoms with van der Waals surface area (Å²) in [7, 11) is -3.88. The molecule has 3 N–H and O–H groups in total. The summed E-state index contributed by atoms with van der Waals surface area (Å²) in [5.74, 6) is 0. The third kappa shape index (κ3) is 3.88. The van der Waals surface area contributed by atoms with Crippen LogP contribution in [0.4, 0.5) is 5.69 Å². The zero-order valence-electron chi connectivity index (χ0n) is 10.1. The Labute approximate surface area is 149 Å². The molecule has 0 atom stereocenters. The van der Waals surface area contributed by atoms with Gasteiger partial charge in [-0.1, -0.05) is 51.3 Å². The van der Waals surface area contributed by atoms with Crippen molar-refractivity contribution in [1.29, 1.82) is 0 Å². The predicted octanol–water partition coefficient (Wildman–Crippen LogP) is 4.25. The van der Waals surface area contributed by atoms with E-state index in [0.29, 0.717) is 5.56 Å². The van der Waals surface area contributed by atoms with E-state index in [1.165, 1.54) is 6.07 Å². The fourth-order valence-electron chi connectivity index (χ4n) is 1.52. The van der Waals surface area contributed by atoms with Crippen LogP contribution in [0, 0.1) is 0 Å². The van der Waals surface area contributed by atoms with Gasteiger partial charge in [0.1, 0.15) is 14.2 Å². The van der Waals surface area contributed by atoms with Crippen LogP contribution < -0.4 is 10.5 Å². The number of nitrogens with one attached hydrogen (secondary N) is 1. The van der Waals surface area contributed by atoms with Crippen molar-refractivity contribution in [2.75, 3.05) is 4.72 Å². The summed E-state index contributed by atoms with van der Waals surface area (Å²) in [5.41, 5.74) is 6.28. The van der Waals surface area contributed by atoms with Gasteiger partial charge in [0.05, 0.1) is 10.0 Å². The third-order valence-electron chi connectivity index (χ3n) is 2.41. The molecule has 0 unspecified atom stereocenters.